The van der Waals surface area contributed by atoms with Crippen LogP contribution in [0.25, 0.3) is 0 Å². The van der Waals surface area contributed by atoms with E-state index in [0.717, 1.165) is 12.8 Å². The van der Waals surface area contributed by atoms with Crippen LogP contribution in [0, 0.1) is 18.3 Å². The molecule has 0 aliphatic heterocycles. The van der Waals surface area contributed by atoms with Gasteiger partial charge >= 0.3 is 5.97 Å². The van der Waals surface area contributed by atoms with Crippen LogP contribution in [0.2, 0.25) is 0 Å². The van der Waals surface area contributed by atoms with Crippen molar-refractivity contribution in [2.45, 2.75) is 57.8 Å². The maximum Gasteiger partial charge on any atom is 0.325 e. The molecule has 4 atom stereocenters. The topological polar surface area (TPSA) is 92.8 Å². The predicted molar refractivity (Wildman–Crippen MR) is 73.1 cm³/mol. The Bertz CT molecular complexity index is 326. The molecule has 0 spiro atoms. The van der Waals surface area contributed by atoms with E-state index in [4.69, 9.17) is 22.0 Å². The van der Waals surface area contributed by atoms with Crippen molar-refractivity contribution in [1.29, 1.82) is 0 Å². The van der Waals surface area contributed by atoms with Crippen molar-refractivity contribution in [3.05, 3.63) is 0 Å². The van der Waals surface area contributed by atoms with Crippen LogP contribution in [0.5, 0.6) is 0 Å². The van der Waals surface area contributed by atoms with Crippen LogP contribution >= 0.6 is 0 Å². The number of terminal acetylenes is 1. The standard InChI is InChI=1S/C14H25NO4/c1-5-7-8-14(18,6-2)10(3)11(4)19-13(17)12(15)9-16/h2,10-12,16,18H,5,7-9,15H2,1,3-4H3/t10-,11?,12+,14-/m0/s1. The van der Waals surface area contributed by atoms with E-state index in [1.54, 1.807) is 13.8 Å². The third-order valence-electron chi connectivity index (χ3n) is 3.42. The van der Waals surface area contributed by atoms with Gasteiger partial charge in [0.05, 0.1) is 6.61 Å². The van der Waals surface area contributed by atoms with Gasteiger partial charge in [-0.05, 0) is 19.8 Å². The number of hydrogen-bond acceptors (Lipinski definition) is 5. The van der Waals surface area contributed by atoms with Gasteiger partial charge in [-0.2, -0.15) is 0 Å². The first kappa shape index (κ1) is 17.9. The van der Waals surface area contributed by atoms with Crippen molar-refractivity contribution in [3.63, 3.8) is 0 Å². The molecule has 0 aliphatic rings. The van der Waals surface area contributed by atoms with Crippen molar-refractivity contribution >= 4 is 5.97 Å². The summed E-state index contributed by atoms with van der Waals surface area (Å²) in [5.74, 6) is 1.28. The van der Waals surface area contributed by atoms with E-state index in [1.807, 2.05) is 6.92 Å². The Labute approximate surface area is 115 Å². The second-order valence-corrected chi connectivity index (χ2v) is 4.89. The lowest BCUT2D eigenvalue weighted by atomic mass is 9.82. The van der Waals surface area contributed by atoms with Crippen LogP contribution in [-0.2, 0) is 9.53 Å². The molecule has 0 aliphatic carbocycles. The number of unbranched alkanes of at least 4 members (excludes halogenated alkanes) is 1. The van der Waals surface area contributed by atoms with Gasteiger partial charge in [0.1, 0.15) is 17.7 Å². The van der Waals surface area contributed by atoms with E-state index in [1.165, 1.54) is 0 Å². The molecule has 0 saturated heterocycles. The number of nitrogens with two attached hydrogens (primary N) is 1. The lowest BCUT2D eigenvalue weighted by molar-refractivity contribution is -0.156. The van der Waals surface area contributed by atoms with Gasteiger partial charge in [-0.3, -0.25) is 4.79 Å². The average Bonchev–Trinajstić information content (AvgIpc) is 2.42. The third kappa shape index (κ3) is 5.19. The summed E-state index contributed by atoms with van der Waals surface area (Å²) in [5.41, 5.74) is 4.05. The van der Waals surface area contributed by atoms with Crippen molar-refractivity contribution in [3.8, 4) is 12.3 Å². The molecule has 0 fully saturated rings. The molecule has 0 heterocycles. The van der Waals surface area contributed by atoms with E-state index in [9.17, 15) is 9.90 Å². The summed E-state index contributed by atoms with van der Waals surface area (Å²) in [6, 6.07) is -1.07. The minimum atomic E-state index is -1.31. The Balaban J connectivity index is 4.65. The highest BCUT2D eigenvalue weighted by Gasteiger charge is 2.36. The Morgan fingerprint density at radius 3 is 2.53 bits per heavy atom. The van der Waals surface area contributed by atoms with E-state index in [0.29, 0.717) is 6.42 Å². The summed E-state index contributed by atoms with van der Waals surface area (Å²) in [7, 11) is 0. The van der Waals surface area contributed by atoms with Crippen LogP contribution in [-0.4, -0.2) is 40.5 Å². The van der Waals surface area contributed by atoms with Gasteiger partial charge in [0.2, 0.25) is 0 Å². The third-order valence-corrected chi connectivity index (χ3v) is 3.42. The summed E-state index contributed by atoms with van der Waals surface area (Å²) in [6.45, 7) is 4.92. The van der Waals surface area contributed by atoms with Crippen molar-refractivity contribution < 1.29 is 19.7 Å². The zero-order valence-corrected chi connectivity index (χ0v) is 11.9. The molecule has 5 nitrogen and oxygen atoms in total. The molecule has 19 heavy (non-hydrogen) atoms. The fourth-order valence-corrected chi connectivity index (χ4v) is 1.71. The molecule has 4 N–H and O–H groups in total. The SMILES string of the molecule is C#C[C@](O)(CCCC)[C@@H](C)C(C)OC(=O)[C@H](N)CO. The fourth-order valence-electron chi connectivity index (χ4n) is 1.71. The first-order chi connectivity index (χ1) is 8.82. The molecule has 1 unspecified atom stereocenters. The van der Waals surface area contributed by atoms with E-state index >= 15 is 0 Å². The smallest absolute Gasteiger partial charge is 0.325 e. The Morgan fingerprint density at radius 1 is 1.53 bits per heavy atom. The summed E-state index contributed by atoms with van der Waals surface area (Å²) in [4.78, 5) is 11.5. The highest BCUT2D eigenvalue weighted by atomic mass is 16.5. The zero-order chi connectivity index (χ0) is 15.1. The molecule has 110 valence electrons. The average molecular weight is 271 g/mol. The summed E-state index contributed by atoms with van der Waals surface area (Å²) < 4.78 is 5.11. The van der Waals surface area contributed by atoms with Gasteiger partial charge in [0.15, 0.2) is 0 Å². The predicted octanol–water partition coefficient (Wildman–Crippen LogP) is 0.428. The van der Waals surface area contributed by atoms with E-state index in [-0.39, 0.29) is 0 Å². The van der Waals surface area contributed by atoms with Gasteiger partial charge in [-0.25, -0.2) is 0 Å². The largest absolute Gasteiger partial charge is 0.461 e. The molecule has 0 bridgehead atoms. The maximum atomic E-state index is 11.5. The van der Waals surface area contributed by atoms with E-state index in [2.05, 4.69) is 5.92 Å². The molecular weight excluding hydrogens is 246 g/mol. The number of hydrogen-bond donors (Lipinski definition) is 3. The first-order valence-electron chi connectivity index (χ1n) is 6.59. The second kappa shape index (κ2) is 8.16. The van der Waals surface area contributed by atoms with Crippen LogP contribution in [0.4, 0.5) is 0 Å². The highest BCUT2D eigenvalue weighted by molar-refractivity contribution is 5.75. The van der Waals surface area contributed by atoms with Crippen LogP contribution in [0.3, 0.4) is 0 Å². The van der Waals surface area contributed by atoms with Gasteiger partial charge in [-0.1, -0.05) is 26.2 Å². The minimum absolute atomic E-state index is 0.418. The molecular formula is C14H25NO4. The fraction of sp³-hybridized carbons (Fsp3) is 0.786. The number of aliphatic hydroxyl groups is 2. The van der Waals surface area contributed by atoms with Crippen molar-refractivity contribution in [1.82, 2.24) is 0 Å². The molecule has 0 radical (unpaired) electrons. The van der Waals surface area contributed by atoms with Gasteiger partial charge in [0, 0.05) is 5.92 Å². The number of ether oxygens (including phenoxy) is 1. The minimum Gasteiger partial charge on any atom is -0.461 e. The van der Waals surface area contributed by atoms with Crippen LogP contribution < -0.4 is 5.73 Å². The molecule has 0 aromatic carbocycles. The summed E-state index contributed by atoms with van der Waals surface area (Å²) in [6.07, 6.45) is 6.98. The number of carbonyl (C=O) groups excluding carboxylic acids is 1. The highest BCUT2D eigenvalue weighted by Crippen LogP contribution is 2.27. The quantitative estimate of drug-likeness (QED) is 0.440. The monoisotopic (exact) mass is 271 g/mol. The molecule has 0 aromatic rings. The van der Waals surface area contributed by atoms with Crippen LogP contribution in [0.15, 0.2) is 0 Å². The molecule has 0 aromatic heterocycles. The first-order valence-corrected chi connectivity index (χ1v) is 6.59. The van der Waals surface area contributed by atoms with Gasteiger partial charge in [0.25, 0.3) is 0 Å². The maximum absolute atomic E-state index is 11.5. The Kier molecular flexibility index (Phi) is 7.69. The van der Waals surface area contributed by atoms with Gasteiger partial charge in [-0.15, -0.1) is 6.42 Å². The van der Waals surface area contributed by atoms with Crippen LogP contribution in [0.1, 0.15) is 40.0 Å². The summed E-state index contributed by atoms with van der Waals surface area (Å²) >= 11 is 0. The zero-order valence-electron chi connectivity index (χ0n) is 11.9. The Morgan fingerprint density at radius 2 is 2.11 bits per heavy atom. The van der Waals surface area contributed by atoms with E-state index < -0.39 is 36.2 Å². The number of esters is 1. The van der Waals surface area contributed by atoms with Crippen molar-refractivity contribution in [2.24, 2.45) is 11.7 Å². The molecule has 0 amide bonds. The number of carbonyl (C=O) groups is 1. The number of aliphatic hydroxyl groups excluding tert-OH is 1. The lowest BCUT2D eigenvalue weighted by Crippen LogP contribution is -2.45. The van der Waals surface area contributed by atoms with Crippen molar-refractivity contribution in [2.75, 3.05) is 6.61 Å². The molecule has 0 rings (SSSR count). The Hall–Kier alpha value is -1.09. The summed E-state index contributed by atoms with van der Waals surface area (Å²) in [5, 5.41) is 19.2. The lowest BCUT2D eigenvalue weighted by Gasteiger charge is -2.33. The molecule has 5 heteroatoms. The number of rotatable bonds is 8. The van der Waals surface area contributed by atoms with Gasteiger partial charge < -0.3 is 20.7 Å². The normalized spacial score (nSPS) is 18.8. The second-order valence-electron chi connectivity index (χ2n) is 4.89. The molecule has 0 saturated carbocycles.